The largest absolute Gasteiger partial charge is 0.507 e. The number of para-hydroxylation sites is 1. The lowest BCUT2D eigenvalue weighted by Crippen LogP contribution is -2.09. The van der Waals surface area contributed by atoms with Crippen LogP contribution in [0.3, 0.4) is 0 Å². The Bertz CT molecular complexity index is 922. The number of benzene rings is 2. The summed E-state index contributed by atoms with van der Waals surface area (Å²) in [6, 6.07) is 11.3. The van der Waals surface area contributed by atoms with Crippen molar-refractivity contribution < 1.29 is 14.6 Å². The van der Waals surface area contributed by atoms with Gasteiger partial charge >= 0.3 is 5.97 Å². The molecule has 0 fully saturated rings. The fourth-order valence-corrected chi connectivity index (χ4v) is 2.59. The van der Waals surface area contributed by atoms with Crippen molar-refractivity contribution in [2.24, 2.45) is 0 Å². The molecule has 0 unspecified atom stereocenters. The molecule has 2 N–H and O–H groups in total. The predicted molar refractivity (Wildman–Crippen MR) is 91.8 cm³/mol. The third-order valence-corrected chi connectivity index (χ3v) is 3.94. The van der Waals surface area contributed by atoms with Gasteiger partial charge < -0.3 is 9.84 Å². The number of phenols is 1. The van der Waals surface area contributed by atoms with E-state index in [1.165, 1.54) is 18.2 Å². The van der Waals surface area contributed by atoms with Crippen molar-refractivity contribution in [2.45, 2.75) is 6.92 Å². The van der Waals surface area contributed by atoms with Gasteiger partial charge in [-0.05, 0) is 42.8 Å². The first-order chi connectivity index (χ1) is 11.5. The number of rotatable bonds is 3. The molecule has 0 amide bonds. The summed E-state index contributed by atoms with van der Waals surface area (Å²) in [6.45, 7) is 1.78. The summed E-state index contributed by atoms with van der Waals surface area (Å²) in [5.74, 6) is -0.338. The minimum atomic E-state index is -0.648. The molecule has 24 heavy (non-hydrogen) atoms. The van der Waals surface area contributed by atoms with Gasteiger partial charge in [-0.25, -0.2) is 4.79 Å². The monoisotopic (exact) mass is 362 g/mol. The summed E-state index contributed by atoms with van der Waals surface area (Å²) in [5.41, 5.74) is 1.81. The quantitative estimate of drug-likeness (QED) is 0.526. The number of carbonyl (C=O) groups is 1. The van der Waals surface area contributed by atoms with E-state index in [4.69, 9.17) is 27.9 Å². The number of aromatic hydroxyl groups is 1. The highest BCUT2D eigenvalue weighted by molar-refractivity contribution is 6.35. The maximum absolute atomic E-state index is 12.2. The van der Waals surface area contributed by atoms with Crippen LogP contribution >= 0.6 is 23.2 Å². The fourth-order valence-electron chi connectivity index (χ4n) is 2.14. The Kier molecular flexibility index (Phi) is 4.46. The molecular weight excluding hydrogens is 351 g/mol. The van der Waals surface area contributed by atoms with Gasteiger partial charge in [-0.1, -0.05) is 35.3 Å². The van der Waals surface area contributed by atoms with E-state index in [1.54, 1.807) is 31.2 Å². The Labute approximate surface area is 147 Å². The molecule has 0 aliphatic carbocycles. The molecule has 5 nitrogen and oxygen atoms in total. The first-order valence-electron chi connectivity index (χ1n) is 6.97. The Morgan fingerprint density at radius 1 is 1.21 bits per heavy atom. The number of H-pyrrole nitrogens is 1. The van der Waals surface area contributed by atoms with Gasteiger partial charge in [0, 0.05) is 10.6 Å². The van der Waals surface area contributed by atoms with Crippen LogP contribution in [0.2, 0.25) is 10.0 Å². The average Bonchev–Trinajstić information content (AvgIpc) is 3.02. The highest BCUT2D eigenvalue weighted by atomic mass is 35.5. The molecule has 0 atom stereocenters. The van der Waals surface area contributed by atoms with Crippen molar-refractivity contribution >= 4 is 29.2 Å². The van der Waals surface area contributed by atoms with Gasteiger partial charge in [0.2, 0.25) is 0 Å². The molecule has 0 spiro atoms. The molecule has 7 heteroatoms. The van der Waals surface area contributed by atoms with Crippen molar-refractivity contribution in [3.05, 3.63) is 63.8 Å². The smallest absolute Gasteiger partial charge is 0.361 e. The second-order valence-electron chi connectivity index (χ2n) is 5.10. The number of aromatic nitrogens is 2. The molecule has 122 valence electrons. The molecular formula is C17H12Cl2N2O3. The SMILES string of the molecule is Cc1cccc(-c2cc(C(=O)Oc3ccc(Cl)cc3Cl)[nH]n2)c1O. The second kappa shape index (κ2) is 6.55. The lowest BCUT2D eigenvalue weighted by atomic mass is 10.1. The first kappa shape index (κ1) is 16.4. The van der Waals surface area contributed by atoms with Crippen molar-refractivity contribution in [1.82, 2.24) is 10.2 Å². The van der Waals surface area contributed by atoms with Crippen molar-refractivity contribution in [2.75, 3.05) is 0 Å². The summed E-state index contributed by atoms with van der Waals surface area (Å²) in [4.78, 5) is 12.2. The number of aryl methyl sites for hydroxylation is 1. The molecule has 3 rings (SSSR count). The lowest BCUT2D eigenvalue weighted by Gasteiger charge is -2.05. The number of hydrogen-bond donors (Lipinski definition) is 2. The van der Waals surface area contributed by atoms with Crippen LogP contribution in [0.25, 0.3) is 11.3 Å². The zero-order chi connectivity index (χ0) is 17.3. The summed E-state index contributed by atoms with van der Waals surface area (Å²) < 4.78 is 5.23. The third kappa shape index (κ3) is 3.22. The minimum absolute atomic E-state index is 0.115. The van der Waals surface area contributed by atoms with Gasteiger partial charge in [-0.15, -0.1) is 0 Å². The number of nitrogens with zero attached hydrogens (tertiary/aromatic N) is 1. The first-order valence-corrected chi connectivity index (χ1v) is 7.73. The maximum Gasteiger partial charge on any atom is 0.361 e. The van der Waals surface area contributed by atoms with Crippen LogP contribution in [0.4, 0.5) is 0 Å². The standard InChI is InChI=1S/C17H12Cl2N2O3/c1-9-3-2-4-11(16(9)22)13-8-14(21-20-13)17(23)24-15-6-5-10(18)7-12(15)19/h2-8,22H,1H3,(H,20,21). The number of aromatic amines is 1. The molecule has 1 aromatic heterocycles. The number of hydrogen-bond acceptors (Lipinski definition) is 4. The van der Waals surface area contributed by atoms with E-state index in [0.717, 1.165) is 0 Å². The highest BCUT2D eigenvalue weighted by Gasteiger charge is 2.17. The van der Waals surface area contributed by atoms with E-state index in [1.807, 2.05) is 0 Å². The molecule has 0 radical (unpaired) electrons. The Balaban J connectivity index is 1.85. The lowest BCUT2D eigenvalue weighted by molar-refractivity contribution is 0.0728. The van der Waals surface area contributed by atoms with E-state index in [9.17, 15) is 9.90 Å². The number of carbonyl (C=O) groups excluding carboxylic acids is 1. The van der Waals surface area contributed by atoms with Crippen molar-refractivity contribution in [3.8, 4) is 22.8 Å². The normalized spacial score (nSPS) is 10.6. The summed E-state index contributed by atoms with van der Waals surface area (Å²) in [5, 5.41) is 17.4. The van der Waals surface area contributed by atoms with Crippen molar-refractivity contribution in [3.63, 3.8) is 0 Å². The van der Waals surface area contributed by atoms with Gasteiger partial charge in [0.15, 0.2) is 0 Å². The maximum atomic E-state index is 12.2. The topological polar surface area (TPSA) is 75.2 Å². The molecule has 0 saturated carbocycles. The molecule has 1 heterocycles. The average molecular weight is 363 g/mol. The fraction of sp³-hybridized carbons (Fsp3) is 0.0588. The van der Waals surface area contributed by atoms with E-state index in [0.29, 0.717) is 21.8 Å². The highest BCUT2D eigenvalue weighted by Crippen LogP contribution is 2.31. The van der Waals surface area contributed by atoms with Crippen molar-refractivity contribution in [1.29, 1.82) is 0 Å². The minimum Gasteiger partial charge on any atom is -0.507 e. The number of esters is 1. The summed E-state index contributed by atoms with van der Waals surface area (Å²) in [7, 11) is 0. The van der Waals surface area contributed by atoms with Gasteiger partial charge in [-0.3, -0.25) is 5.10 Å². The van der Waals surface area contributed by atoms with Crippen LogP contribution in [0.5, 0.6) is 11.5 Å². The Morgan fingerprint density at radius 3 is 2.75 bits per heavy atom. The predicted octanol–water partition coefficient (Wildman–Crippen LogP) is 4.62. The molecule has 0 saturated heterocycles. The van der Waals surface area contributed by atoms with Crippen LogP contribution in [0.1, 0.15) is 16.1 Å². The van der Waals surface area contributed by atoms with E-state index in [2.05, 4.69) is 10.2 Å². The molecule has 2 aromatic carbocycles. The van der Waals surface area contributed by atoms with Crippen LogP contribution in [0, 0.1) is 6.92 Å². The number of phenolic OH excluding ortho intramolecular Hbond substituents is 1. The Hall–Kier alpha value is -2.50. The molecule has 0 bridgehead atoms. The summed E-state index contributed by atoms with van der Waals surface area (Å²) in [6.07, 6.45) is 0. The number of halogens is 2. The van der Waals surface area contributed by atoms with Crippen LogP contribution in [-0.4, -0.2) is 21.3 Å². The third-order valence-electron chi connectivity index (χ3n) is 3.41. The second-order valence-corrected chi connectivity index (χ2v) is 5.95. The van der Waals surface area contributed by atoms with E-state index in [-0.39, 0.29) is 22.2 Å². The van der Waals surface area contributed by atoms with Crippen LogP contribution < -0.4 is 4.74 Å². The molecule has 0 aliphatic rings. The van der Waals surface area contributed by atoms with Crippen LogP contribution in [0.15, 0.2) is 42.5 Å². The zero-order valence-electron chi connectivity index (χ0n) is 12.5. The van der Waals surface area contributed by atoms with Gasteiger partial charge in [0.1, 0.15) is 17.2 Å². The van der Waals surface area contributed by atoms with Crippen LogP contribution in [-0.2, 0) is 0 Å². The Morgan fingerprint density at radius 2 is 2.00 bits per heavy atom. The number of nitrogens with one attached hydrogen (secondary N) is 1. The van der Waals surface area contributed by atoms with Gasteiger partial charge in [-0.2, -0.15) is 5.10 Å². The van der Waals surface area contributed by atoms with E-state index >= 15 is 0 Å². The molecule has 3 aromatic rings. The zero-order valence-corrected chi connectivity index (χ0v) is 14.0. The van der Waals surface area contributed by atoms with Gasteiger partial charge in [0.05, 0.1) is 10.7 Å². The summed E-state index contributed by atoms with van der Waals surface area (Å²) >= 11 is 11.8. The molecule has 0 aliphatic heterocycles. The van der Waals surface area contributed by atoms with Gasteiger partial charge in [0.25, 0.3) is 0 Å². The number of ether oxygens (including phenoxy) is 1. The van der Waals surface area contributed by atoms with E-state index < -0.39 is 5.97 Å².